The molecule has 1 nitrogen and oxygen atoms in total. The van der Waals surface area contributed by atoms with E-state index in [9.17, 15) is 8.78 Å². The highest BCUT2D eigenvalue weighted by atomic mass is 79.9. The smallest absolute Gasteiger partial charge is 0.130 e. The van der Waals surface area contributed by atoms with Gasteiger partial charge in [-0.3, -0.25) is 0 Å². The Balaban J connectivity index is 2.04. The van der Waals surface area contributed by atoms with Gasteiger partial charge in [-0.05, 0) is 36.8 Å². The van der Waals surface area contributed by atoms with E-state index in [0.29, 0.717) is 0 Å². The Morgan fingerprint density at radius 2 is 1.63 bits per heavy atom. The normalized spacial score (nSPS) is 12.4. The number of hydrogen-bond acceptors (Lipinski definition) is 1. The number of benzene rings is 2. The van der Waals surface area contributed by atoms with E-state index in [2.05, 4.69) is 21.2 Å². The van der Waals surface area contributed by atoms with Gasteiger partial charge in [0.1, 0.15) is 11.6 Å². The first-order valence-electron chi connectivity index (χ1n) is 5.99. The van der Waals surface area contributed by atoms with Crippen molar-refractivity contribution in [2.75, 3.05) is 0 Å². The van der Waals surface area contributed by atoms with Crippen molar-refractivity contribution in [3.05, 3.63) is 69.7 Å². The number of rotatable bonds is 4. The number of hydrogen-bond donors (Lipinski definition) is 1. The molecule has 0 spiro atoms. The quantitative estimate of drug-likeness (QED) is 0.867. The van der Waals surface area contributed by atoms with Crippen molar-refractivity contribution in [3.8, 4) is 0 Å². The first-order valence-corrected chi connectivity index (χ1v) is 6.79. The maximum Gasteiger partial charge on any atom is 0.130 e. The third-order valence-electron chi connectivity index (χ3n) is 3.02. The van der Waals surface area contributed by atoms with Crippen molar-refractivity contribution in [1.82, 2.24) is 5.32 Å². The highest BCUT2D eigenvalue weighted by Gasteiger charge is 2.10. The van der Waals surface area contributed by atoms with Crippen molar-refractivity contribution in [1.29, 1.82) is 0 Å². The molecule has 0 saturated carbocycles. The van der Waals surface area contributed by atoms with Gasteiger partial charge in [0.25, 0.3) is 0 Å². The minimum atomic E-state index is -0.518. The first kappa shape index (κ1) is 14.2. The fourth-order valence-corrected chi connectivity index (χ4v) is 2.09. The van der Waals surface area contributed by atoms with Gasteiger partial charge in [0.2, 0.25) is 0 Å². The van der Waals surface area contributed by atoms with Crippen LogP contribution >= 0.6 is 15.9 Å². The summed E-state index contributed by atoms with van der Waals surface area (Å²) in [6, 6.07) is 11.8. The Morgan fingerprint density at radius 1 is 1.05 bits per heavy atom. The highest BCUT2D eigenvalue weighted by Crippen LogP contribution is 2.18. The molecule has 19 heavy (non-hydrogen) atoms. The van der Waals surface area contributed by atoms with Crippen LogP contribution in [0.4, 0.5) is 8.78 Å². The molecule has 0 fully saturated rings. The van der Waals surface area contributed by atoms with Gasteiger partial charge in [-0.15, -0.1) is 0 Å². The molecule has 2 rings (SSSR count). The summed E-state index contributed by atoms with van der Waals surface area (Å²) in [5, 5.41) is 3.12. The third-order valence-corrected chi connectivity index (χ3v) is 3.55. The van der Waals surface area contributed by atoms with Crippen LogP contribution in [0.2, 0.25) is 0 Å². The molecule has 2 aromatic carbocycles. The molecular formula is C15H14BrF2N. The van der Waals surface area contributed by atoms with Crippen LogP contribution in [0, 0.1) is 11.6 Å². The SMILES string of the molecule is C[C@H](NCc1c(F)cccc1F)c1ccc(Br)cc1. The lowest BCUT2D eigenvalue weighted by Crippen LogP contribution is -2.19. The second kappa shape index (κ2) is 6.26. The van der Waals surface area contributed by atoms with Crippen LogP contribution in [0.1, 0.15) is 24.1 Å². The summed E-state index contributed by atoms with van der Waals surface area (Å²) >= 11 is 3.37. The molecule has 4 heteroatoms. The predicted octanol–water partition coefficient (Wildman–Crippen LogP) is 4.58. The van der Waals surface area contributed by atoms with Crippen LogP contribution in [-0.4, -0.2) is 0 Å². The lowest BCUT2D eigenvalue weighted by atomic mass is 10.1. The monoisotopic (exact) mass is 325 g/mol. The molecule has 0 saturated heterocycles. The number of nitrogens with one attached hydrogen (secondary N) is 1. The summed E-state index contributed by atoms with van der Waals surface area (Å²) in [6.07, 6.45) is 0. The second-order valence-electron chi connectivity index (χ2n) is 4.35. The highest BCUT2D eigenvalue weighted by molar-refractivity contribution is 9.10. The van der Waals surface area contributed by atoms with Crippen LogP contribution < -0.4 is 5.32 Å². The predicted molar refractivity (Wildman–Crippen MR) is 75.8 cm³/mol. The molecule has 0 aromatic heterocycles. The van der Waals surface area contributed by atoms with E-state index in [0.717, 1.165) is 10.0 Å². The minimum Gasteiger partial charge on any atom is -0.306 e. The van der Waals surface area contributed by atoms with Crippen LogP contribution in [0.25, 0.3) is 0 Å². The van der Waals surface area contributed by atoms with Gasteiger partial charge in [0, 0.05) is 22.6 Å². The van der Waals surface area contributed by atoms with Gasteiger partial charge in [-0.25, -0.2) is 8.78 Å². The molecule has 0 radical (unpaired) electrons. The zero-order valence-corrected chi connectivity index (χ0v) is 12.0. The van der Waals surface area contributed by atoms with Crippen molar-refractivity contribution >= 4 is 15.9 Å². The van der Waals surface area contributed by atoms with Crippen LogP contribution in [0.3, 0.4) is 0 Å². The van der Waals surface area contributed by atoms with Gasteiger partial charge in [0.05, 0.1) is 0 Å². The lowest BCUT2D eigenvalue weighted by Gasteiger charge is -2.15. The lowest BCUT2D eigenvalue weighted by molar-refractivity contribution is 0.509. The fourth-order valence-electron chi connectivity index (χ4n) is 1.83. The Morgan fingerprint density at radius 3 is 2.21 bits per heavy atom. The summed E-state index contributed by atoms with van der Waals surface area (Å²) in [5.74, 6) is -1.04. The van der Waals surface area contributed by atoms with Gasteiger partial charge in [0.15, 0.2) is 0 Å². The third kappa shape index (κ3) is 3.61. The van der Waals surface area contributed by atoms with E-state index in [1.807, 2.05) is 31.2 Å². The summed E-state index contributed by atoms with van der Waals surface area (Å²) in [4.78, 5) is 0. The molecule has 0 bridgehead atoms. The van der Waals surface area contributed by atoms with Crippen molar-refractivity contribution in [2.24, 2.45) is 0 Å². The van der Waals surface area contributed by atoms with E-state index in [1.54, 1.807) is 0 Å². The Hall–Kier alpha value is -1.26. The summed E-state index contributed by atoms with van der Waals surface area (Å²) in [7, 11) is 0. The van der Waals surface area contributed by atoms with Gasteiger partial charge in [-0.1, -0.05) is 34.1 Å². The van der Waals surface area contributed by atoms with Gasteiger partial charge >= 0.3 is 0 Å². The van der Waals surface area contributed by atoms with Crippen molar-refractivity contribution < 1.29 is 8.78 Å². The summed E-state index contributed by atoms with van der Waals surface area (Å²) < 4.78 is 27.9. The van der Waals surface area contributed by atoms with Gasteiger partial charge in [-0.2, -0.15) is 0 Å². The largest absolute Gasteiger partial charge is 0.306 e. The van der Waals surface area contributed by atoms with Crippen molar-refractivity contribution in [2.45, 2.75) is 19.5 Å². The average Bonchev–Trinajstić information content (AvgIpc) is 2.38. The zero-order chi connectivity index (χ0) is 13.8. The minimum absolute atomic E-state index is 0.0205. The Kier molecular flexibility index (Phi) is 4.66. The molecule has 0 aliphatic carbocycles. The van der Waals surface area contributed by atoms with E-state index in [4.69, 9.17) is 0 Å². The number of halogens is 3. The van der Waals surface area contributed by atoms with Gasteiger partial charge < -0.3 is 5.32 Å². The van der Waals surface area contributed by atoms with Crippen LogP contribution in [-0.2, 0) is 6.54 Å². The molecule has 0 heterocycles. The standard InChI is InChI=1S/C15H14BrF2N/c1-10(11-5-7-12(16)8-6-11)19-9-13-14(17)3-2-4-15(13)18/h2-8,10,19H,9H2,1H3/t10-/m0/s1. The molecule has 2 aromatic rings. The van der Waals surface area contributed by atoms with E-state index < -0.39 is 11.6 Å². The molecule has 0 unspecified atom stereocenters. The van der Waals surface area contributed by atoms with E-state index >= 15 is 0 Å². The van der Waals surface area contributed by atoms with E-state index in [1.165, 1.54) is 18.2 Å². The second-order valence-corrected chi connectivity index (χ2v) is 5.27. The fraction of sp³-hybridized carbons (Fsp3) is 0.200. The first-order chi connectivity index (χ1) is 9.08. The molecule has 0 aliphatic heterocycles. The topological polar surface area (TPSA) is 12.0 Å². The maximum atomic E-state index is 13.5. The summed E-state index contributed by atoms with van der Waals surface area (Å²) in [5.41, 5.74) is 1.14. The Bertz CT molecular complexity index is 534. The molecular weight excluding hydrogens is 312 g/mol. The van der Waals surface area contributed by atoms with Crippen LogP contribution in [0.5, 0.6) is 0 Å². The molecule has 0 aliphatic rings. The molecule has 100 valence electrons. The molecule has 0 amide bonds. The zero-order valence-electron chi connectivity index (χ0n) is 10.5. The summed E-state index contributed by atoms with van der Waals surface area (Å²) in [6.45, 7) is 2.12. The van der Waals surface area contributed by atoms with E-state index in [-0.39, 0.29) is 18.2 Å². The van der Waals surface area contributed by atoms with Crippen LogP contribution in [0.15, 0.2) is 46.9 Å². The molecule has 1 N–H and O–H groups in total. The van der Waals surface area contributed by atoms with Crippen molar-refractivity contribution in [3.63, 3.8) is 0 Å². The average molecular weight is 326 g/mol. The maximum absolute atomic E-state index is 13.5. The molecule has 1 atom stereocenters. The Labute approximate surface area is 119 Å².